The summed E-state index contributed by atoms with van der Waals surface area (Å²) in [5, 5.41) is 0.503. The van der Waals surface area contributed by atoms with Crippen molar-refractivity contribution in [3.63, 3.8) is 0 Å². The van der Waals surface area contributed by atoms with E-state index in [2.05, 4.69) is 6.07 Å². The van der Waals surface area contributed by atoms with Gasteiger partial charge in [-0.05, 0) is 12.1 Å². The third-order valence-corrected chi connectivity index (χ3v) is 4.40. The molecule has 5 heteroatoms. The highest BCUT2D eigenvalue weighted by Gasteiger charge is 2.19. The van der Waals surface area contributed by atoms with Crippen LogP contribution < -0.4 is 4.90 Å². The van der Waals surface area contributed by atoms with Crippen LogP contribution in [0, 0.1) is 6.07 Å². The van der Waals surface area contributed by atoms with Gasteiger partial charge in [0, 0.05) is 37.5 Å². The van der Waals surface area contributed by atoms with E-state index in [1.54, 1.807) is 36.4 Å². The Bertz CT molecular complexity index is 739. The van der Waals surface area contributed by atoms with Crippen molar-refractivity contribution in [3.8, 4) is 11.1 Å². The van der Waals surface area contributed by atoms with Gasteiger partial charge >= 0.3 is 0 Å². The van der Waals surface area contributed by atoms with Gasteiger partial charge in [-0.25, -0.2) is 8.42 Å². The number of nitrogens with zero attached hydrogens (tertiary/aromatic N) is 1. The highest BCUT2D eigenvalue weighted by atomic mass is 35.5. The molecule has 0 saturated heterocycles. The first-order valence-electron chi connectivity index (χ1n) is 5.99. The first kappa shape index (κ1) is 14.9. The van der Waals surface area contributed by atoms with Crippen LogP contribution in [0.5, 0.6) is 0 Å². The van der Waals surface area contributed by atoms with E-state index in [9.17, 15) is 8.42 Å². The third kappa shape index (κ3) is 2.81. The summed E-state index contributed by atoms with van der Waals surface area (Å²) in [6.07, 6.45) is 1.20. The van der Waals surface area contributed by atoms with E-state index in [1.165, 1.54) is 6.26 Å². The van der Waals surface area contributed by atoms with Crippen molar-refractivity contribution in [1.29, 1.82) is 0 Å². The van der Waals surface area contributed by atoms with Crippen molar-refractivity contribution in [2.75, 3.05) is 25.3 Å². The molecule has 0 aromatic heterocycles. The number of hydrogen-bond donors (Lipinski definition) is 0. The molecule has 0 spiro atoms. The van der Waals surface area contributed by atoms with Crippen LogP contribution in [0.15, 0.2) is 41.3 Å². The Morgan fingerprint density at radius 1 is 1.15 bits per heavy atom. The summed E-state index contributed by atoms with van der Waals surface area (Å²) in [7, 11) is 0.408. The number of benzene rings is 2. The fourth-order valence-electron chi connectivity index (χ4n) is 2.07. The Balaban J connectivity index is 2.83. The van der Waals surface area contributed by atoms with E-state index in [4.69, 9.17) is 11.6 Å². The highest BCUT2D eigenvalue weighted by molar-refractivity contribution is 7.90. The van der Waals surface area contributed by atoms with Gasteiger partial charge in [0.1, 0.15) is 0 Å². The molecule has 20 heavy (non-hydrogen) atoms. The average Bonchev–Trinajstić information content (AvgIpc) is 2.37. The zero-order chi connectivity index (χ0) is 14.9. The Morgan fingerprint density at radius 3 is 2.40 bits per heavy atom. The minimum absolute atomic E-state index is 0.268. The van der Waals surface area contributed by atoms with Crippen LogP contribution in [0.2, 0.25) is 5.02 Å². The lowest BCUT2D eigenvalue weighted by molar-refractivity contribution is 0.602. The van der Waals surface area contributed by atoms with Gasteiger partial charge < -0.3 is 4.90 Å². The molecular weight excluding hydrogens is 294 g/mol. The molecule has 105 valence electrons. The minimum atomic E-state index is -3.33. The molecular formula is C15H15ClNO2S. The molecule has 2 aromatic rings. The molecule has 0 bridgehead atoms. The number of anilines is 1. The van der Waals surface area contributed by atoms with E-state index < -0.39 is 9.84 Å². The summed E-state index contributed by atoms with van der Waals surface area (Å²) in [4.78, 5) is 2.13. The lowest BCUT2D eigenvalue weighted by atomic mass is 10.0. The van der Waals surface area contributed by atoms with Gasteiger partial charge in [-0.2, -0.15) is 0 Å². The summed E-state index contributed by atoms with van der Waals surface area (Å²) >= 11 is 6.29. The number of sulfone groups is 1. The monoisotopic (exact) mass is 308 g/mol. The van der Waals surface area contributed by atoms with Gasteiger partial charge in [0.2, 0.25) is 0 Å². The molecule has 0 heterocycles. The van der Waals surface area contributed by atoms with Crippen molar-refractivity contribution in [2.24, 2.45) is 0 Å². The zero-order valence-corrected chi connectivity index (χ0v) is 13.1. The highest BCUT2D eigenvalue weighted by Crippen LogP contribution is 2.39. The van der Waals surface area contributed by atoms with Crippen LogP contribution in [0.25, 0.3) is 11.1 Å². The number of halogens is 1. The summed E-state index contributed by atoms with van der Waals surface area (Å²) in [5.41, 5.74) is 2.04. The lowest BCUT2D eigenvalue weighted by Crippen LogP contribution is -2.11. The van der Waals surface area contributed by atoms with Crippen molar-refractivity contribution in [2.45, 2.75) is 4.90 Å². The predicted molar refractivity (Wildman–Crippen MR) is 83.2 cm³/mol. The van der Waals surface area contributed by atoms with Gasteiger partial charge in [0.05, 0.1) is 15.6 Å². The van der Waals surface area contributed by atoms with Crippen LogP contribution in [0.1, 0.15) is 0 Å². The van der Waals surface area contributed by atoms with Crippen molar-refractivity contribution < 1.29 is 8.42 Å². The first-order chi connectivity index (χ1) is 9.32. The molecule has 0 amide bonds. The lowest BCUT2D eigenvalue weighted by Gasteiger charge is -2.19. The van der Waals surface area contributed by atoms with Crippen molar-refractivity contribution in [3.05, 3.63) is 47.5 Å². The Labute approximate surface area is 124 Å². The normalized spacial score (nSPS) is 11.4. The van der Waals surface area contributed by atoms with Crippen molar-refractivity contribution in [1.82, 2.24) is 0 Å². The molecule has 0 N–H and O–H groups in total. The minimum Gasteiger partial charge on any atom is -0.377 e. The van der Waals surface area contributed by atoms with Crippen LogP contribution >= 0.6 is 11.6 Å². The zero-order valence-electron chi connectivity index (χ0n) is 11.5. The molecule has 0 unspecified atom stereocenters. The van der Waals surface area contributed by atoms with E-state index in [1.807, 2.05) is 19.0 Å². The summed E-state index contributed by atoms with van der Waals surface area (Å²) in [6, 6.07) is 13.4. The average molecular weight is 309 g/mol. The molecule has 0 aliphatic carbocycles. The molecule has 2 aromatic carbocycles. The van der Waals surface area contributed by atoms with Gasteiger partial charge in [-0.3, -0.25) is 0 Å². The largest absolute Gasteiger partial charge is 0.377 e. The Kier molecular flexibility index (Phi) is 4.06. The predicted octanol–water partition coefficient (Wildman–Crippen LogP) is 3.28. The first-order valence-corrected chi connectivity index (χ1v) is 8.26. The topological polar surface area (TPSA) is 37.4 Å². The van der Waals surface area contributed by atoms with E-state index in [-0.39, 0.29) is 4.90 Å². The van der Waals surface area contributed by atoms with Gasteiger partial charge in [0.25, 0.3) is 0 Å². The maximum atomic E-state index is 12.0. The maximum Gasteiger partial charge on any atom is 0.176 e. The molecule has 0 aliphatic rings. The van der Waals surface area contributed by atoms with E-state index >= 15 is 0 Å². The summed E-state index contributed by atoms with van der Waals surface area (Å²) in [6.45, 7) is 0. The summed E-state index contributed by atoms with van der Waals surface area (Å²) < 4.78 is 23.9. The van der Waals surface area contributed by atoms with Gasteiger partial charge in [0.15, 0.2) is 9.84 Å². The van der Waals surface area contributed by atoms with Gasteiger partial charge in [-0.15, -0.1) is 0 Å². The van der Waals surface area contributed by atoms with Crippen molar-refractivity contribution >= 4 is 27.1 Å². The van der Waals surface area contributed by atoms with Crippen LogP contribution in [-0.4, -0.2) is 28.8 Å². The standard InChI is InChI=1S/C15H15ClNO2S/c1-17(2)13-9-6-8-12(16)15(13)11-7-4-5-10-14(11)20(3,18)19/h4-8,10H,1-3H3. The third-order valence-electron chi connectivity index (χ3n) is 2.93. The second kappa shape index (κ2) is 5.46. The van der Waals surface area contributed by atoms with E-state index in [0.717, 1.165) is 5.69 Å². The quantitative estimate of drug-likeness (QED) is 0.873. The van der Waals surface area contributed by atoms with Crippen LogP contribution in [0.4, 0.5) is 5.69 Å². The Hall–Kier alpha value is -1.52. The number of hydrogen-bond acceptors (Lipinski definition) is 3. The molecule has 2 rings (SSSR count). The second-order valence-electron chi connectivity index (χ2n) is 4.71. The van der Waals surface area contributed by atoms with E-state index in [0.29, 0.717) is 16.1 Å². The SMILES string of the molecule is CN(C)c1[c]ccc(Cl)c1-c1ccccc1S(C)(=O)=O. The molecule has 0 atom stereocenters. The Morgan fingerprint density at radius 2 is 1.80 bits per heavy atom. The number of rotatable bonds is 3. The molecule has 1 radical (unpaired) electrons. The molecule has 0 saturated carbocycles. The molecule has 3 nitrogen and oxygen atoms in total. The molecule has 0 fully saturated rings. The molecule has 0 aliphatic heterocycles. The van der Waals surface area contributed by atoms with Gasteiger partial charge in [-0.1, -0.05) is 35.9 Å². The van der Waals surface area contributed by atoms with Crippen LogP contribution in [0.3, 0.4) is 0 Å². The summed E-state index contributed by atoms with van der Waals surface area (Å²) in [5.74, 6) is 0. The van der Waals surface area contributed by atoms with Crippen LogP contribution in [-0.2, 0) is 9.84 Å². The second-order valence-corrected chi connectivity index (χ2v) is 7.10. The maximum absolute atomic E-state index is 12.0. The smallest absolute Gasteiger partial charge is 0.176 e. The fraction of sp³-hybridized carbons (Fsp3) is 0.200. The fourth-order valence-corrected chi connectivity index (χ4v) is 3.22.